The lowest BCUT2D eigenvalue weighted by Crippen LogP contribution is -2.21. The number of hydrogen-bond acceptors (Lipinski definition) is 5. The second kappa shape index (κ2) is 5.97. The Morgan fingerprint density at radius 3 is 2.94 bits per heavy atom. The molecule has 1 N–H and O–H groups in total. The van der Waals surface area contributed by atoms with Gasteiger partial charge in [0.15, 0.2) is 0 Å². The maximum atomic E-state index is 11.5. The minimum absolute atomic E-state index is 0.0380. The van der Waals surface area contributed by atoms with Crippen molar-refractivity contribution in [2.45, 2.75) is 6.92 Å². The second-order valence-corrected chi connectivity index (χ2v) is 5.05. The normalized spacial score (nSPS) is 11.4. The van der Waals surface area contributed by atoms with Crippen molar-refractivity contribution in [3.63, 3.8) is 0 Å². The van der Waals surface area contributed by atoms with E-state index >= 15 is 0 Å². The van der Waals surface area contributed by atoms with Gasteiger partial charge in [0.1, 0.15) is 5.15 Å². The van der Waals surface area contributed by atoms with Gasteiger partial charge in [0.25, 0.3) is 0 Å². The topological polar surface area (TPSA) is 81.2 Å². The predicted molar refractivity (Wildman–Crippen MR) is 60.9 cm³/mol. The van der Waals surface area contributed by atoms with Crippen molar-refractivity contribution in [1.82, 2.24) is 9.97 Å². The van der Waals surface area contributed by atoms with Gasteiger partial charge in [-0.15, -0.1) is 0 Å². The summed E-state index contributed by atoms with van der Waals surface area (Å²) in [5.74, 6) is -0.180. The summed E-state index contributed by atoms with van der Waals surface area (Å²) in [4.78, 5) is 7.44. The molecule has 0 saturated carbocycles. The van der Waals surface area contributed by atoms with Crippen LogP contribution in [0.25, 0.3) is 0 Å². The highest BCUT2D eigenvalue weighted by atomic mass is 35.5. The van der Waals surface area contributed by atoms with Gasteiger partial charge in [-0.25, -0.2) is 18.4 Å². The molecule has 0 fully saturated rings. The number of rotatable bonds is 6. The minimum Gasteiger partial charge on any atom is -0.381 e. The third kappa shape index (κ3) is 4.73. The molecule has 0 unspecified atom stereocenters. The molecule has 16 heavy (non-hydrogen) atoms. The SMILES string of the molecule is CCOCCS(=O)(=O)Nc1nccc(Cl)n1. The molecule has 0 radical (unpaired) electrons. The molecule has 1 aromatic heterocycles. The summed E-state index contributed by atoms with van der Waals surface area (Å²) in [5, 5.41) is 0.178. The summed E-state index contributed by atoms with van der Waals surface area (Å²) < 4.78 is 30.1. The van der Waals surface area contributed by atoms with Crippen LogP contribution in [0, 0.1) is 0 Å². The number of nitrogens with zero attached hydrogens (tertiary/aromatic N) is 2. The van der Waals surface area contributed by atoms with E-state index < -0.39 is 10.0 Å². The number of nitrogens with one attached hydrogen (secondary N) is 1. The molecule has 0 amide bonds. The van der Waals surface area contributed by atoms with Crippen LogP contribution in [0.1, 0.15) is 6.92 Å². The fourth-order valence-electron chi connectivity index (χ4n) is 0.889. The van der Waals surface area contributed by atoms with Gasteiger partial charge in [0.05, 0.1) is 12.4 Å². The quantitative estimate of drug-likeness (QED) is 0.611. The van der Waals surface area contributed by atoms with Gasteiger partial charge in [0, 0.05) is 12.8 Å². The Hall–Kier alpha value is -0.920. The van der Waals surface area contributed by atoms with Crippen LogP contribution in [0.3, 0.4) is 0 Å². The summed E-state index contributed by atoms with van der Waals surface area (Å²) >= 11 is 5.59. The Morgan fingerprint density at radius 1 is 1.56 bits per heavy atom. The third-order valence-electron chi connectivity index (χ3n) is 1.57. The molecule has 0 aliphatic heterocycles. The van der Waals surface area contributed by atoms with E-state index in [-0.39, 0.29) is 23.5 Å². The summed E-state index contributed by atoms with van der Waals surface area (Å²) in [6, 6.07) is 1.46. The molecule has 1 heterocycles. The van der Waals surface area contributed by atoms with Crippen molar-refractivity contribution in [1.29, 1.82) is 0 Å². The van der Waals surface area contributed by atoms with E-state index in [2.05, 4.69) is 14.7 Å². The number of ether oxygens (including phenoxy) is 1. The van der Waals surface area contributed by atoms with Crippen LogP contribution >= 0.6 is 11.6 Å². The maximum Gasteiger partial charge on any atom is 0.237 e. The Kier molecular flexibility index (Phi) is 4.91. The van der Waals surface area contributed by atoms with Crippen LogP contribution in [-0.4, -0.2) is 37.4 Å². The zero-order valence-corrected chi connectivity index (χ0v) is 10.3. The van der Waals surface area contributed by atoms with Crippen LogP contribution in [0.4, 0.5) is 5.95 Å². The molecular formula is C8H12ClN3O3S. The van der Waals surface area contributed by atoms with Crippen molar-refractivity contribution in [3.8, 4) is 0 Å². The van der Waals surface area contributed by atoms with Crippen molar-refractivity contribution in [2.75, 3.05) is 23.7 Å². The molecule has 0 aromatic carbocycles. The summed E-state index contributed by atoms with van der Waals surface area (Å²) in [7, 11) is -3.48. The minimum atomic E-state index is -3.48. The van der Waals surface area contributed by atoms with E-state index in [9.17, 15) is 8.42 Å². The fourth-order valence-corrected chi connectivity index (χ4v) is 1.84. The molecule has 0 aliphatic carbocycles. The Labute approximate surface area is 99.1 Å². The largest absolute Gasteiger partial charge is 0.381 e. The first kappa shape index (κ1) is 13.1. The average molecular weight is 266 g/mol. The first-order valence-electron chi connectivity index (χ1n) is 4.60. The van der Waals surface area contributed by atoms with E-state index in [1.54, 1.807) is 6.92 Å². The van der Waals surface area contributed by atoms with Crippen LogP contribution in [0.5, 0.6) is 0 Å². The Balaban J connectivity index is 2.59. The molecule has 0 atom stereocenters. The second-order valence-electron chi connectivity index (χ2n) is 2.82. The molecule has 0 spiro atoms. The van der Waals surface area contributed by atoms with E-state index in [0.717, 1.165) is 0 Å². The van der Waals surface area contributed by atoms with E-state index in [1.807, 2.05) is 0 Å². The van der Waals surface area contributed by atoms with Crippen LogP contribution in [-0.2, 0) is 14.8 Å². The molecule has 90 valence electrons. The Bertz CT molecular complexity index is 438. The van der Waals surface area contributed by atoms with E-state index in [1.165, 1.54) is 12.3 Å². The average Bonchev–Trinajstić information content (AvgIpc) is 2.17. The third-order valence-corrected chi connectivity index (χ3v) is 2.98. The predicted octanol–water partition coefficient (Wildman–Crippen LogP) is 0.908. The standard InChI is InChI=1S/C8H12ClN3O3S/c1-2-15-5-6-16(13,14)12-8-10-4-3-7(9)11-8/h3-4H,2,5-6H2,1H3,(H,10,11,12). The molecule has 1 rings (SSSR count). The molecular weight excluding hydrogens is 254 g/mol. The monoisotopic (exact) mass is 265 g/mol. The van der Waals surface area contributed by atoms with Crippen molar-refractivity contribution in [2.24, 2.45) is 0 Å². The lowest BCUT2D eigenvalue weighted by molar-refractivity contribution is 0.163. The lowest BCUT2D eigenvalue weighted by atomic mass is 10.7. The van der Waals surface area contributed by atoms with Crippen LogP contribution < -0.4 is 4.72 Å². The summed E-state index contributed by atoms with van der Waals surface area (Å²) in [6.07, 6.45) is 1.37. The summed E-state index contributed by atoms with van der Waals surface area (Å²) in [5.41, 5.74) is 0. The fraction of sp³-hybridized carbons (Fsp3) is 0.500. The molecule has 0 aliphatic rings. The van der Waals surface area contributed by atoms with Crippen molar-refractivity contribution in [3.05, 3.63) is 17.4 Å². The van der Waals surface area contributed by atoms with E-state index in [4.69, 9.17) is 16.3 Å². The van der Waals surface area contributed by atoms with Gasteiger partial charge >= 0.3 is 0 Å². The van der Waals surface area contributed by atoms with Crippen LogP contribution in [0.15, 0.2) is 12.3 Å². The van der Waals surface area contributed by atoms with Gasteiger partial charge < -0.3 is 4.74 Å². The highest BCUT2D eigenvalue weighted by Gasteiger charge is 2.11. The number of halogens is 1. The van der Waals surface area contributed by atoms with E-state index in [0.29, 0.717) is 6.61 Å². The molecule has 1 aromatic rings. The lowest BCUT2D eigenvalue weighted by Gasteiger charge is -2.06. The number of sulfonamides is 1. The highest BCUT2D eigenvalue weighted by Crippen LogP contribution is 2.07. The smallest absolute Gasteiger partial charge is 0.237 e. The first-order chi connectivity index (χ1) is 7.53. The zero-order chi connectivity index (χ0) is 12.0. The first-order valence-corrected chi connectivity index (χ1v) is 6.63. The molecule has 0 bridgehead atoms. The Morgan fingerprint density at radius 2 is 2.31 bits per heavy atom. The number of aromatic nitrogens is 2. The van der Waals surface area contributed by atoms with Crippen molar-refractivity contribution < 1.29 is 13.2 Å². The van der Waals surface area contributed by atoms with Gasteiger partial charge in [-0.1, -0.05) is 11.6 Å². The van der Waals surface area contributed by atoms with Gasteiger partial charge in [0.2, 0.25) is 16.0 Å². The molecule has 0 saturated heterocycles. The van der Waals surface area contributed by atoms with Gasteiger partial charge in [-0.2, -0.15) is 0 Å². The number of anilines is 1. The number of hydrogen-bond donors (Lipinski definition) is 1. The zero-order valence-electron chi connectivity index (χ0n) is 8.68. The van der Waals surface area contributed by atoms with Crippen LogP contribution in [0.2, 0.25) is 5.15 Å². The molecule has 6 nitrogen and oxygen atoms in total. The van der Waals surface area contributed by atoms with Crippen molar-refractivity contribution >= 4 is 27.6 Å². The molecule has 8 heteroatoms. The highest BCUT2D eigenvalue weighted by molar-refractivity contribution is 7.92. The van der Waals surface area contributed by atoms with Gasteiger partial charge in [-0.3, -0.25) is 4.72 Å². The summed E-state index contributed by atoms with van der Waals surface area (Å²) in [6.45, 7) is 2.40. The maximum absolute atomic E-state index is 11.5. The van der Waals surface area contributed by atoms with Gasteiger partial charge in [-0.05, 0) is 13.0 Å².